The number of aliphatic imine (C=N–C) groups is 1. The molecule has 22 heavy (non-hydrogen) atoms. The van der Waals surface area contributed by atoms with Crippen molar-refractivity contribution in [1.82, 2.24) is 10.6 Å². The molecule has 0 aliphatic heterocycles. The quantitative estimate of drug-likeness (QED) is 0.441. The van der Waals surface area contributed by atoms with Gasteiger partial charge in [-0.25, -0.2) is 8.78 Å². The SMILES string of the molecule is CN=C(NC(C)C(C)C)NC1CC1c1c(F)cccc1F.I. The van der Waals surface area contributed by atoms with Crippen LogP contribution in [0.4, 0.5) is 8.78 Å². The van der Waals surface area contributed by atoms with Crippen LogP contribution in [0.1, 0.15) is 38.7 Å². The van der Waals surface area contributed by atoms with Gasteiger partial charge >= 0.3 is 0 Å². The summed E-state index contributed by atoms with van der Waals surface area (Å²) in [6.07, 6.45) is 0.717. The summed E-state index contributed by atoms with van der Waals surface area (Å²) in [6.45, 7) is 6.33. The fourth-order valence-corrected chi connectivity index (χ4v) is 2.27. The van der Waals surface area contributed by atoms with Crippen molar-refractivity contribution in [1.29, 1.82) is 0 Å². The molecule has 0 bridgehead atoms. The maximum atomic E-state index is 13.7. The van der Waals surface area contributed by atoms with E-state index in [0.29, 0.717) is 18.3 Å². The Hall–Kier alpha value is -0.920. The molecule has 0 spiro atoms. The van der Waals surface area contributed by atoms with Crippen LogP contribution in [0.25, 0.3) is 0 Å². The zero-order valence-corrected chi connectivity index (χ0v) is 15.7. The lowest BCUT2D eigenvalue weighted by molar-refractivity contribution is 0.480. The first-order chi connectivity index (χ1) is 9.93. The third kappa shape index (κ3) is 4.54. The normalized spacial score (nSPS) is 22.0. The van der Waals surface area contributed by atoms with Gasteiger partial charge in [-0.3, -0.25) is 4.99 Å². The number of hydrogen-bond donors (Lipinski definition) is 2. The van der Waals surface area contributed by atoms with Gasteiger partial charge in [0.2, 0.25) is 0 Å². The van der Waals surface area contributed by atoms with Gasteiger partial charge in [-0.15, -0.1) is 24.0 Å². The minimum absolute atomic E-state index is 0. The summed E-state index contributed by atoms with van der Waals surface area (Å²) in [5.41, 5.74) is 0.183. The molecular weight excluding hydrogens is 399 g/mol. The summed E-state index contributed by atoms with van der Waals surface area (Å²) in [7, 11) is 1.70. The summed E-state index contributed by atoms with van der Waals surface area (Å²) < 4.78 is 27.5. The number of hydrogen-bond acceptors (Lipinski definition) is 1. The minimum atomic E-state index is -0.470. The van der Waals surface area contributed by atoms with Crippen molar-refractivity contribution in [2.75, 3.05) is 7.05 Å². The van der Waals surface area contributed by atoms with E-state index in [2.05, 4.69) is 36.4 Å². The van der Waals surface area contributed by atoms with E-state index >= 15 is 0 Å². The Morgan fingerprint density at radius 1 is 1.23 bits per heavy atom. The highest BCUT2D eigenvalue weighted by Crippen LogP contribution is 2.43. The van der Waals surface area contributed by atoms with Crippen LogP contribution in [-0.2, 0) is 0 Å². The van der Waals surface area contributed by atoms with Gasteiger partial charge in [0.25, 0.3) is 0 Å². The highest BCUT2D eigenvalue weighted by atomic mass is 127. The zero-order valence-electron chi connectivity index (χ0n) is 13.4. The standard InChI is InChI=1S/C16H23F2N3.HI/c1-9(2)10(3)20-16(19-4)21-14-8-11(14)15-12(17)6-5-7-13(15)18;/h5-7,9-11,14H,8H2,1-4H3,(H2,19,20,21);1H. The third-order valence-corrected chi connectivity index (χ3v) is 4.07. The Labute approximate surface area is 148 Å². The fraction of sp³-hybridized carbons (Fsp3) is 0.562. The van der Waals surface area contributed by atoms with Crippen LogP contribution in [0.5, 0.6) is 0 Å². The van der Waals surface area contributed by atoms with Gasteiger partial charge < -0.3 is 10.6 Å². The van der Waals surface area contributed by atoms with Crippen molar-refractivity contribution in [3.05, 3.63) is 35.4 Å². The average Bonchev–Trinajstić information content (AvgIpc) is 3.16. The molecule has 2 rings (SSSR count). The summed E-state index contributed by atoms with van der Waals surface area (Å²) in [5.74, 6) is 0.0905. The topological polar surface area (TPSA) is 36.4 Å². The Balaban J connectivity index is 0.00000242. The Morgan fingerprint density at radius 2 is 1.82 bits per heavy atom. The first kappa shape index (κ1) is 19.1. The maximum absolute atomic E-state index is 13.7. The second kappa shape index (κ2) is 8.08. The molecule has 3 unspecified atom stereocenters. The van der Waals surface area contributed by atoms with E-state index in [9.17, 15) is 8.78 Å². The van der Waals surface area contributed by atoms with Crippen molar-refractivity contribution in [2.45, 2.75) is 45.2 Å². The number of halogens is 3. The van der Waals surface area contributed by atoms with Gasteiger partial charge in [-0.2, -0.15) is 0 Å². The molecule has 3 atom stereocenters. The molecule has 6 heteroatoms. The van der Waals surface area contributed by atoms with E-state index in [0.717, 1.165) is 0 Å². The number of nitrogens with zero attached hydrogens (tertiary/aromatic N) is 1. The van der Waals surface area contributed by atoms with Crippen LogP contribution in [-0.4, -0.2) is 25.1 Å². The third-order valence-electron chi connectivity index (χ3n) is 4.07. The average molecular weight is 423 g/mol. The fourth-order valence-electron chi connectivity index (χ4n) is 2.27. The summed E-state index contributed by atoms with van der Waals surface area (Å²) in [4.78, 5) is 4.17. The Kier molecular flexibility index (Phi) is 7.02. The number of rotatable bonds is 4. The highest BCUT2D eigenvalue weighted by molar-refractivity contribution is 14.0. The van der Waals surface area contributed by atoms with E-state index in [4.69, 9.17) is 0 Å². The second-order valence-corrected chi connectivity index (χ2v) is 5.98. The second-order valence-electron chi connectivity index (χ2n) is 5.98. The molecular formula is C16H24F2IN3. The van der Waals surface area contributed by atoms with Gasteiger partial charge in [-0.1, -0.05) is 19.9 Å². The largest absolute Gasteiger partial charge is 0.354 e. The molecule has 0 aromatic heterocycles. The number of benzene rings is 1. The van der Waals surface area contributed by atoms with Crippen LogP contribution in [0, 0.1) is 17.6 Å². The highest BCUT2D eigenvalue weighted by Gasteiger charge is 2.42. The van der Waals surface area contributed by atoms with Crippen LogP contribution in [0.3, 0.4) is 0 Å². The van der Waals surface area contributed by atoms with Gasteiger partial charge in [-0.05, 0) is 31.4 Å². The summed E-state index contributed by atoms with van der Waals surface area (Å²) >= 11 is 0. The van der Waals surface area contributed by atoms with Crippen LogP contribution in [0.2, 0.25) is 0 Å². The lowest BCUT2D eigenvalue weighted by atomic mass is 10.1. The van der Waals surface area contributed by atoms with Crippen LogP contribution in [0.15, 0.2) is 23.2 Å². The van der Waals surface area contributed by atoms with Crippen molar-refractivity contribution >= 4 is 29.9 Å². The maximum Gasteiger partial charge on any atom is 0.191 e. The van der Waals surface area contributed by atoms with Crippen molar-refractivity contribution in [3.8, 4) is 0 Å². The zero-order chi connectivity index (χ0) is 15.6. The van der Waals surface area contributed by atoms with E-state index in [-0.39, 0.29) is 47.5 Å². The molecule has 1 fully saturated rings. The van der Waals surface area contributed by atoms with Gasteiger partial charge in [0.1, 0.15) is 11.6 Å². The molecule has 1 aromatic carbocycles. The molecule has 1 aliphatic carbocycles. The molecule has 1 saturated carbocycles. The number of guanidine groups is 1. The molecule has 0 amide bonds. The van der Waals surface area contributed by atoms with E-state index in [1.165, 1.54) is 18.2 Å². The van der Waals surface area contributed by atoms with E-state index < -0.39 is 11.6 Å². The molecule has 0 heterocycles. The first-order valence-electron chi connectivity index (χ1n) is 7.37. The molecule has 1 aliphatic rings. The number of nitrogens with one attached hydrogen (secondary N) is 2. The smallest absolute Gasteiger partial charge is 0.191 e. The Morgan fingerprint density at radius 3 is 2.32 bits per heavy atom. The van der Waals surface area contributed by atoms with Gasteiger partial charge in [0, 0.05) is 30.6 Å². The predicted molar refractivity (Wildman–Crippen MR) is 96.8 cm³/mol. The molecule has 1 aromatic rings. The minimum Gasteiger partial charge on any atom is -0.354 e. The van der Waals surface area contributed by atoms with Gasteiger partial charge in [0.15, 0.2) is 5.96 Å². The molecule has 124 valence electrons. The van der Waals surface area contributed by atoms with E-state index in [1.807, 2.05) is 0 Å². The molecule has 0 saturated heterocycles. The summed E-state index contributed by atoms with van der Waals surface area (Å²) in [6, 6.07) is 4.31. The van der Waals surface area contributed by atoms with Crippen LogP contribution < -0.4 is 10.6 Å². The lowest BCUT2D eigenvalue weighted by Crippen LogP contribution is -2.45. The van der Waals surface area contributed by atoms with Crippen molar-refractivity contribution in [2.24, 2.45) is 10.9 Å². The molecule has 3 nitrogen and oxygen atoms in total. The van der Waals surface area contributed by atoms with E-state index in [1.54, 1.807) is 7.05 Å². The lowest BCUT2D eigenvalue weighted by Gasteiger charge is -2.21. The van der Waals surface area contributed by atoms with Crippen molar-refractivity contribution in [3.63, 3.8) is 0 Å². The van der Waals surface area contributed by atoms with Crippen molar-refractivity contribution < 1.29 is 8.78 Å². The predicted octanol–water partition coefficient (Wildman–Crippen LogP) is 3.65. The van der Waals surface area contributed by atoms with Gasteiger partial charge in [0.05, 0.1) is 0 Å². The Bertz CT molecular complexity index is 514. The first-order valence-corrected chi connectivity index (χ1v) is 7.37. The summed E-state index contributed by atoms with van der Waals surface area (Å²) in [5, 5.41) is 6.53. The molecule has 2 N–H and O–H groups in total. The van der Waals surface area contributed by atoms with Crippen LogP contribution >= 0.6 is 24.0 Å². The molecule has 0 radical (unpaired) electrons. The monoisotopic (exact) mass is 423 g/mol.